The van der Waals surface area contributed by atoms with Crippen LogP contribution in [-0.4, -0.2) is 35.1 Å². The van der Waals surface area contributed by atoms with E-state index < -0.39 is 0 Å². The average molecular weight is 385 g/mol. The molecule has 2 aromatic rings. The van der Waals surface area contributed by atoms with E-state index in [1.807, 2.05) is 6.21 Å². The minimum atomic E-state index is 0.0352. The number of fused-ring (bicyclic) bond motifs is 1. The van der Waals surface area contributed by atoms with Crippen molar-refractivity contribution in [2.75, 3.05) is 13.1 Å². The van der Waals surface area contributed by atoms with Crippen LogP contribution in [0.5, 0.6) is 0 Å². The Morgan fingerprint density at radius 1 is 1.03 bits per heavy atom. The summed E-state index contributed by atoms with van der Waals surface area (Å²) in [6, 6.07) is 20.0. The van der Waals surface area contributed by atoms with Crippen LogP contribution >= 0.6 is 0 Å². The van der Waals surface area contributed by atoms with Crippen molar-refractivity contribution in [2.45, 2.75) is 38.4 Å². The molecule has 3 aliphatic rings. The number of aryl methyl sites for hydroxylation is 1. The van der Waals surface area contributed by atoms with Crippen molar-refractivity contribution in [1.29, 1.82) is 0 Å². The largest absolute Gasteiger partial charge is 0.361 e. The SMILES string of the molecule is CCc1ccc(C2CN(C(C)C3=CN4C(=CN3)C=NC4c3ccccc3)C2)cc1. The molecule has 3 heterocycles. The highest BCUT2D eigenvalue weighted by atomic mass is 15.3. The molecule has 1 saturated heterocycles. The zero-order valence-electron chi connectivity index (χ0n) is 17.1. The van der Waals surface area contributed by atoms with Crippen LogP contribution in [0.15, 0.2) is 83.4 Å². The molecule has 148 valence electrons. The number of aliphatic imine (C=N–C) groups is 1. The van der Waals surface area contributed by atoms with E-state index in [-0.39, 0.29) is 6.17 Å². The summed E-state index contributed by atoms with van der Waals surface area (Å²) in [5, 5.41) is 3.51. The molecule has 1 fully saturated rings. The van der Waals surface area contributed by atoms with Crippen molar-refractivity contribution in [2.24, 2.45) is 4.99 Å². The van der Waals surface area contributed by atoms with Gasteiger partial charge >= 0.3 is 0 Å². The molecule has 2 atom stereocenters. The lowest BCUT2D eigenvalue weighted by Crippen LogP contribution is -2.52. The van der Waals surface area contributed by atoms with Crippen molar-refractivity contribution in [3.8, 4) is 0 Å². The highest BCUT2D eigenvalue weighted by molar-refractivity contribution is 5.81. The van der Waals surface area contributed by atoms with Crippen molar-refractivity contribution in [3.63, 3.8) is 0 Å². The zero-order chi connectivity index (χ0) is 19.8. The highest BCUT2D eigenvalue weighted by Gasteiger charge is 2.35. The predicted molar refractivity (Wildman–Crippen MR) is 118 cm³/mol. The molecule has 0 aliphatic carbocycles. The number of benzene rings is 2. The molecule has 2 aromatic carbocycles. The quantitative estimate of drug-likeness (QED) is 0.828. The van der Waals surface area contributed by atoms with Gasteiger partial charge in [-0.15, -0.1) is 0 Å². The molecule has 1 N–H and O–H groups in total. The van der Waals surface area contributed by atoms with Crippen LogP contribution in [0.1, 0.15) is 42.6 Å². The smallest absolute Gasteiger partial charge is 0.151 e. The van der Waals surface area contributed by atoms with E-state index in [0.717, 1.165) is 25.2 Å². The van der Waals surface area contributed by atoms with E-state index in [0.29, 0.717) is 12.0 Å². The van der Waals surface area contributed by atoms with Gasteiger partial charge in [0, 0.05) is 49.4 Å². The Balaban J connectivity index is 1.26. The first-order chi connectivity index (χ1) is 14.2. The van der Waals surface area contributed by atoms with Gasteiger partial charge in [0.15, 0.2) is 6.17 Å². The molecule has 4 heteroatoms. The number of nitrogens with zero attached hydrogens (tertiary/aromatic N) is 3. The standard InChI is InChI=1S/C25H28N4/c1-3-19-9-11-20(12-10-19)22-15-28(16-22)18(2)24-17-29-23(13-26-24)14-27-25(29)21-7-5-4-6-8-21/h4-14,17-18,22,25-26H,3,15-16H2,1-2H3. The number of rotatable bonds is 5. The van der Waals surface area contributed by atoms with Crippen LogP contribution in [0.25, 0.3) is 0 Å². The highest BCUT2D eigenvalue weighted by Crippen LogP contribution is 2.35. The van der Waals surface area contributed by atoms with Crippen molar-refractivity contribution >= 4 is 6.21 Å². The summed E-state index contributed by atoms with van der Waals surface area (Å²) in [7, 11) is 0. The maximum absolute atomic E-state index is 4.72. The maximum Gasteiger partial charge on any atom is 0.151 e. The van der Waals surface area contributed by atoms with Gasteiger partial charge in [0.05, 0.1) is 5.70 Å². The van der Waals surface area contributed by atoms with Crippen molar-refractivity contribution in [1.82, 2.24) is 15.1 Å². The van der Waals surface area contributed by atoms with Gasteiger partial charge in [0.2, 0.25) is 0 Å². The summed E-state index contributed by atoms with van der Waals surface area (Å²) in [6.07, 6.45) is 7.43. The summed E-state index contributed by atoms with van der Waals surface area (Å²) in [6.45, 7) is 6.73. The van der Waals surface area contributed by atoms with Gasteiger partial charge in [-0.05, 0) is 30.0 Å². The normalized spacial score (nSPS) is 22.4. The van der Waals surface area contributed by atoms with Gasteiger partial charge in [-0.25, -0.2) is 0 Å². The Kier molecular flexibility index (Phi) is 4.72. The van der Waals surface area contributed by atoms with Crippen LogP contribution in [0.4, 0.5) is 0 Å². The first-order valence-electron chi connectivity index (χ1n) is 10.6. The van der Waals surface area contributed by atoms with Crippen LogP contribution in [0.3, 0.4) is 0 Å². The Morgan fingerprint density at radius 3 is 2.52 bits per heavy atom. The lowest BCUT2D eigenvalue weighted by molar-refractivity contribution is 0.113. The third-order valence-electron chi connectivity index (χ3n) is 6.44. The minimum Gasteiger partial charge on any atom is -0.361 e. The van der Waals surface area contributed by atoms with Crippen LogP contribution in [0.2, 0.25) is 0 Å². The Hall–Kier alpha value is -2.85. The zero-order valence-corrected chi connectivity index (χ0v) is 17.1. The molecule has 29 heavy (non-hydrogen) atoms. The first kappa shape index (κ1) is 18.2. The molecule has 0 bridgehead atoms. The third-order valence-corrected chi connectivity index (χ3v) is 6.44. The molecule has 0 radical (unpaired) electrons. The van der Waals surface area contributed by atoms with Gasteiger partial charge in [0.1, 0.15) is 0 Å². The van der Waals surface area contributed by atoms with E-state index in [9.17, 15) is 0 Å². The second-order valence-electron chi connectivity index (χ2n) is 8.19. The van der Waals surface area contributed by atoms with E-state index >= 15 is 0 Å². The van der Waals surface area contributed by atoms with Crippen molar-refractivity contribution in [3.05, 3.63) is 95.1 Å². The number of hydrogen-bond acceptors (Lipinski definition) is 4. The van der Waals surface area contributed by atoms with Gasteiger partial charge < -0.3 is 10.2 Å². The van der Waals surface area contributed by atoms with E-state index in [2.05, 4.69) is 96.0 Å². The lowest BCUT2D eigenvalue weighted by atomic mass is 9.89. The monoisotopic (exact) mass is 384 g/mol. The van der Waals surface area contributed by atoms with E-state index in [4.69, 9.17) is 4.99 Å². The molecule has 2 unspecified atom stereocenters. The summed E-state index contributed by atoms with van der Waals surface area (Å²) in [5.74, 6) is 0.644. The average Bonchev–Trinajstić information content (AvgIpc) is 3.17. The van der Waals surface area contributed by atoms with Crippen LogP contribution in [-0.2, 0) is 6.42 Å². The summed E-state index contributed by atoms with van der Waals surface area (Å²) in [4.78, 5) is 9.55. The molecule has 0 aromatic heterocycles. The number of likely N-dealkylation sites (tertiary alicyclic amines) is 1. The van der Waals surface area contributed by atoms with Crippen LogP contribution in [0, 0.1) is 0 Å². The van der Waals surface area contributed by atoms with Crippen LogP contribution < -0.4 is 5.32 Å². The second kappa shape index (κ2) is 7.53. The molecule has 0 spiro atoms. The lowest BCUT2D eigenvalue weighted by Gasteiger charge is -2.45. The van der Waals surface area contributed by atoms with Gasteiger partial charge in [-0.2, -0.15) is 0 Å². The van der Waals surface area contributed by atoms with Crippen molar-refractivity contribution < 1.29 is 0 Å². The Bertz CT molecular complexity index is 952. The molecule has 5 rings (SSSR count). The Morgan fingerprint density at radius 2 is 1.79 bits per heavy atom. The molecule has 4 nitrogen and oxygen atoms in total. The molecular formula is C25H28N4. The van der Waals surface area contributed by atoms with E-state index in [1.165, 1.54) is 22.4 Å². The topological polar surface area (TPSA) is 30.9 Å². The maximum atomic E-state index is 4.72. The molecule has 0 saturated carbocycles. The number of nitrogens with one attached hydrogen (secondary N) is 1. The summed E-state index contributed by atoms with van der Waals surface area (Å²) in [5.41, 5.74) is 6.46. The number of hydrogen-bond donors (Lipinski definition) is 1. The van der Waals surface area contributed by atoms with E-state index in [1.54, 1.807) is 0 Å². The predicted octanol–water partition coefficient (Wildman–Crippen LogP) is 4.41. The molecule has 0 amide bonds. The first-order valence-corrected chi connectivity index (χ1v) is 10.6. The molecular weight excluding hydrogens is 356 g/mol. The fourth-order valence-electron chi connectivity index (χ4n) is 4.39. The second-order valence-corrected chi connectivity index (χ2v) is 8.19. The fraction of sp³-hybridized carbons (Fsp3) is 0.320. The summed E-state index contributed by atoms with van der Waals surface area (Å²) >= 11 is 0. The van der Waals surface area contributed by atoms with Gasteiger partial charge in [-0.1, -0.05) is 61.5 Å². The summed E-state index contributed by atoms with van der Waals surface area (Å²) < 4.78 is 0. The Labute approximate surface area is 173 Å². The van der Waals surface area contributed by atoms with Gasteiger partial charge in [-0.3, -0.25) is 9.89 Å². The fourth-order valence-corrected chi connectivity index (χ4v) is 4.39. The third kappa shape index (κ3) is 3.38. The minimum absolute atomic E-state index is 0.0352. The molecule has 3 aliphatic heterocycles. The van der Waals surface area contributed by atoms with Gasteiger partial charge in [0.25, 0.3) is 0 Å². The number of allylic oxidation sites excluding steroid dienone is 1.